The molecule has 0 aliphatic carbocycles. The molecule has 1 radical (unpaired) electrons. The summed E-state index contributed by atoms with van der Waals surface area (Å²) in [5, 5.41) is 0. The van der Waals surface area contributed by atoms with E-state index in [0.29, 0.717) is 0 Å². The van der Waals surface area contributed by atoms with Crippen LogP contribution in [0.1, 0.15) is 78.1 Å². The van der Waals surface area contributed by atoms with Gasteiger partial charge in [-0.3, -0.25) is 0 Å². The van der Waals surface area contributed by atoms with Crippen molar-refractivity contribution >= 4 is 51.4 Å². The van der Waals surface area contributed by atoms with Crippen LogP contribution in [0.25, 0.3) is 0 Å². The van der Waals surface area contributed by atoms with E-state index in [1.807, 2.05) is 0 Å². The van der Waals surface area contributed by atoms with Crippen LogP contribution in [-0.4, -0.2) is 51.4 Å². The molecule has 0 nitrogen and oxygen atoms in total. The van der Waals surface area contributed by atoms with Gasteiger partial charge in [-0.25, -0.2) is 0 Å². The van der Waals surface area contributed by atoms with Crippen molar-refractivity contribution in [3.8, 4) is 0 Å². The van der Waals surface area contributed by atoms with Crippen molar-refractivity contribution in [3.63, 3.8) is 0 Å². The molecule has 0 bridgehead atoms. The summed E-state index contributed by atoms with van der Waals surface area (Å²) in [6.45, 7) is 4.56. The van der Waals surface area contributed by atoms with Crippen LogP contribution in [0.5, 0.6) is 0 Å². The number of hydrogen-bond donors (Lipinski definition) is 0. The molecule has 0 aromatic rings. The normalized spacial score (nSPS) is 9.69. The van der Waals surface area contributed by atoms with E-state index < -0.39 is 0 Å². The largest absolute Gasteiger partial charge is 0.0654 e. The van der Waals surface area contributed by atoms with Gasteiger partial charge in [0.25, 0.3) is 0 Å². The molecule has 0 amide bonds. The minimum Gasteiger partial charge on any atom is -0.0654 e. The van der Waals surface area contributed by atoms with Crippen LogP contribution in [0.3, 0.4) is 0 Å². The summed E-state index contributed by atoms with van der Waals surface area (Å²) >= 11 is 0. The van der Waals surface area contributed by atoms with E-state index in [0.717, 1.165) is 0 Å². The molecule has 0 aromatic heterocycles. The van der Waals surface area contributed by atoms with Crippen LogP contribution in [0, 0.1) is 0 Å². The van der Waals surface area contributed by atoms with E-state index in [4.69, 9.17) is 0 Å². The Hall–Kier alpha value is 1.64. The molecule has 0 atom stereocenters. The average molecular weight is 209 g/mol. The molecular weight excluding hydrogens is 183 g/mol. The maximum atomic E-state index is 2.28. The van der Waals surface area contributed by atoms with E-state index in [-0.39, 0.29) is 51.4 Å². The molecule has 75 valence electrons. The van der Waals surface area contributed by atoms with Gasteiger partial charge in [0, 0.05) is 51.4 Å². The van der Waals surface area contributed by atoms with Gasteiger partial charge in [-0.15, -0.1) is 0 Å². The van der Waals surface area contributed by atoms with Gasteiger partial charge < -0.3 is 0 Å². The molecule has 0 N–H and O–H groups in total. The van der Waals surface area contributed by atoms with Gasteiger partial charge in [-0.1, -0.05) is 78.1 Å². The average Bonchev–Trinajstić information content (AvgIpc) is 2.10. The molecule has 0 spiro atoms. The summed E-state index contributed by atoms with van der Waals surface area (Å²) in [7, 11) is 0. The molecule has 0 saturated heterocycles. The zero-order valence-electron chi connectivity index (χ0n) is 10.1. The topological polar surface area (TPSA) is 0 Å². The van der Waals surface area contributed by atoms with Gasteiger partial charge in [0.1, 0.15) is 0 Å². The fraction of sp³-hybridized carbons (Fsp3) is 1.00. The summed E-state index contributed by atoms with van der Waals surface area (Å²) in [5.41, 5.74) is 0. The van der Waals surface area contributed by atoms with Crippen molar-refractivity contribution in [3.05, 3.63) is 0 Å². The predicted molar refractivity (Wildman–Crippen MR) is 63.3 cm³/mol. The van der Waals surface area contributed by atoms with Crippen LogP contribution in [0.15, 0.2) is 0 Å². The van der Waals surface area contributed by atoms with Crippen LogP contribution in [-0.2, 0) is 0 Å². The fourth-order valence-electron chi connectivity index (χ4n) is 1.56. The van der Waals surface area contributed by atoms with Crippen molar-refractivity contribution in [2.24, 2.45) is 0 Å². The van der Waals surface area contributed by atoms with Gasteiger partial charge in [0.15, 0.2) is 0 Å². The molecule has 0 unspecified atom stereocenters. The van der Waals surface area contributed by atoms with E-state index in [9.17, 15) is 0 Å². The Labute approximate surface area is 128 Å². The van der Waals surface area contributed by atoms with Gasteiger partial charge in [0.2, 0.25) is 0 Å². The first-order valence-electron chi connectivity index (χ1n) is 5.91. The van der Waals surface area contributed by atoms with Crippen LogP contribution in [0.2, 0.25) is 0 Å². The molecule has 0 fully saturated rings. The first-order valence-corrected chi connectivity index (χ1v) is 5.91. The third-order valence-electron chi connectivity index (χ3n) is 2.46. The smallest absolute Gasteiger partial charge is 0 e. The van der Waals surface area contributed by atoms with E-state index in [1.54, 1.807) is 0 Å². The summed E-state index contributed by atoms with van der Waals surface area (Å²) < 4.78 is 0. The fourth-order valence-corrected chi connectivity index (χ4v) is 1.56. The molecule has 0 rings (SSSR count). The van der Waals surface area contributed by atoms with Crippen molar-refractivity contribution in [2.45, 2.75) is 78.1 Å². The van der Waals surface area contributed by atoms with Gasteiger partial charge in [-0.2, -0.15) is 0 Å². The van der Waals surface area contributed by atoms with E-state index in [2.05, 4.69) is 13.8 Å². The van der Waals surface area contributed by atoms with E-state index >= 15 is 0 Å². The Bertz CT molecular complexity index is 61.5. The van der Waals surface area contributed by atoms with Crippen molar-refractivity contribution < 1.29 is 0 Å². The maximum Gasteiger partial charge on any atom is 0 e. The Kier molecular flexibility index (Phi) is 21.1. The Morgan fingerprint density at radius 1 is 0.462 bits per heavy atom. The van der Waals surface area contributed by atoms with Gasteiger partial charge >= 0.3 is 0 Å². The predicted octanol–water partition coefficient (Wildman–Crippen LogP) is 4.55. The summed E-state index contributed by atoms with van der Waals surface area (Å²) in [4.78, 5) is 0. The Morgan fingerprint density at radius 3 is 0.923 bits per heavy atom. The third-order valence-corrected chi connectivity index (χ3v) is 2.46. The Morgan fingerprint density at radius 2 is 0.692 bits per heavy atom. The van der Waals surface area contributed by atoms with Crippen molar-refractivity contribution in [1.82, 2.24) is 0 Å². The van der Waals surface area contributed by atoms with Crippen LogP contribution >= 0.6 is 0 Å². The Balaban J connectivity index is 0. The third kappa shape index (κ3) is 16.3. The van der Waals surface area contributed by atoms with Crippen LogP contribution in [0.4, 0.5) is 0 Å². The molecule has 0 aliphatic heterocycles. The maximum absolute atomic E-state index is 2.28. The minimum atomic E-state index is 0. The number of hydrogen-bond acceptors (Lipinski definition) is 0. The first kappa shape index (κ1) is 17.0. The number of rotatable bonds is 9. The zero-order chi connectivity index (χ0) is 9.07. The molecule has 0 aliphatic rings. The van der Waals surface area contributed by atoms with Gasteiger partial charge in [0.05, 0.1) is 0 Å². The SMILES string of the molecule is CCCCCCCCCCCC.[K]. The molecule has 0 saturated carbocycles. The second-order valence-electron chi connectivity index (χ2n) is 3.83. The molecule has 1 heteroatoms. The molecule has 0 heterocycles. The van der Waals surface area contributed by atoms with Crippen molar-refractivity contribution in [2.75, 3.05) is 0 Å². The zero-order valence-corrected chi connectivity index (χ0v) is 13.2. The van der Waals surface area contributed by atoms with E-state index in [1.165, 1.54) is 64.2 Å². The molecular formula is C12H26K. The summed E-state index contributed by atoms with van der Waals surface area (Å²) in [6, 6.07) is 0. The first-order chi connectivity index (χ1) is 5.91. The summed E-state index contributed by atoms with van der Waals surface area (Å²) in [5.74, 6) is 0. The molecule has 0 aromatic carbocycles. The summed E-state index contributed by atoms with van der Waals surface area (Å²) in [6.07, 6.45) is 14.4. The number of unbranched alkanes of at least 4 members (excludes halogenated alkanes) is 9. The van der Waals surface area contributed by atoms with Crippen molar-refractivity contribution in [1.29, 1.82) is 0 Å². The standard InChI is InChI=1S/C12H26.K/c1-3-5-7-9-11-12-10-8-6-4-2;/h3-12H2,1-2H3;. The van der Waals surface area contributed by atoms with Gasteiger partial charge in [-0.05, 0) is 0 Å². The minimum absolute atomic E-state index is 0. The quantitative estimate of drug-likeness (QED) is 0.386. The second-order valence-corrected chi connectivity index (χ2v) is 3.83. The van der Waals surface area contributed by atoms with Crippen LogP contribution < -0.4 is 0 Å². The molecule has 13 heavy (non-hydrogen) atoms. The second kappa shape index (κ2) is 16.1. The monoisotopic (exact) mass is 209 g/mol.